The van der Waals surface area contributed by atoms with Crippen LogP contribution < -0.4 is 0 Å². The number of hydrogen-bond donors (Lipinski definition) is 0. The number of carbonyl (C=O) groups is 1. The predicted molar refractivity (Wildman–Crippen MR) is 105 cm³/mol. The van der Waals surface area contributed by atoms with E-state index in [0.29, 0.717) is 6.42 Å². The van der Waals surface area contributed by atoms with Gasteiger partial charge in [0.1, 0.15) is 5.78 Å². The Balaban J connectivity index is 1.86. The molecule has 1 nitrogen and oxygen atoms in total. The minimum Gasteiger partial charge on any atom is -0.300 e. The van der Waals surface area contributed by atoms with Crippen molar-refractivity contribution in [2.24, 2.45) is 5.41 Å². The molecule has 0 aliphatic rings. The molecule has 1 heteroatoms. The number of aryl methyl sites for hydroxylation is 1. The van der Waals surface area contributed by atoms with Crippen molar-refractivity contribution < 1.29 is 4.79 Å². The molecule has 0 aliphatic heterocycles. The van der Waals surface area contributed by atoms with Crippen LogP contribution in [-0.4, -0.2) is 5.78 Å². The first kappa shape index (κ1) is 19.0. The summed E-state index contributed by atoms with van der Waals surface area (Å²) in [5.74, 6) is 6.76. The highest BCUT2D eigenvalue weighted by Gasteiger charge is 2.25. The third-order valence-electron chi connectivity index (χ3n) is 4.62. The Bertz CT molecular complexity index is 706. The molecule has 0 bridgehead atoms. The molecule has 0 radical (unpaired) electrons. The summed E-state index contributed by atoms with van der Waals surface area (Å²) in [6.45, 7) is 3.96. The summed E-state index contributed by atoms with van der Waals surface area (Å²) >= 11 is 0. The van der Waals surface area contributed by atoms with Gasteiger partial charge in [-0.15, -0.1) is 0 Å². The molecule has 0 aromatic heterocycles. The molecule has 0 fully saturated rings. The van der Waals surface area contributed by atoms with Crippen LogP contribution in [0.2, 0.25) is 0 Å². The van der Waals surface area contributed by atoms with Crippen LogP contribution in [0.1, 0.15) is 57.1 Å². The number of rotatable bonds is 8. The van der Waals surface area contributed by atoms with Crippen molar-refractivity contribution in [2.75, 3.05) is 0 Å². The lowest BCUT2D eigenvalue weighted by atomic mass is 9.76. The number of benzene rings is 2. The molecule has 0 amide bonds. The molecule has 0 heterocycles. The van der Waals surface area contributed by atoms with Gasteiger partial charge in [0.15, 0.2) is 0 Å². The maximum Gasteiger partial charge on any atom is 0.130 e. The minimum absolute atomic E-state index is 0.0656. The second-order valence-electron chi connectivity index (χ2n) is 7.20. The van der Waals surface area contributed by atoms with Gasteiger partial charge >= 0.3 is 0 Å². The lowest BCUT2D eigenvalue weighted by molar-refractivity contribution is -0.119. The van der Waals surface area contributed by atoms with Crippen LogP contribution in [0.15, 0.2) is 60.7 Å². The molecule has 0 saturated carbocycles. The molecular weight excluding hydrogens is 304 g/mol. The van der Waals surface area contributed by atoms with Gasteiger partial charge in [-0.1, -0.05) is 67.3 Å². The van der Waals surface area contributed by atoms with E-state index < -0.39 is 0 Å². The molecule has 0 N–H and O–H groups in total. The van der Waals surface area contributed by atoms with Crippen molar-refractivity contribution in [3.8, 4) is 11.8 Å². The van der Waals surface area contributed by atoms with Crippen LogP contribution in [0.5, 0.6) is 0 Å². The highest BCUT2D eigenvalue weighted by molar-refractivity contribution is 5.76. The van der Waals surface area contributed by atoms with E-state index in [2.05, 4.69) is 43.0 Å². The van der Waals surface area contributed by atoms with Gasteiger partial charge in [0.25, 0.3) is 0 Å². The van der Waals surface area contributed by atoms with E-state index in [4.69, 9.17) is 0 Å². The van der Waals surface area contributed by atoms with E-state index in [1.165, 1.54) is 5.56 Å². The van der Waals surface area contributed by atoms with Crippen LogP contribution >= 0.6 is 0 Å². The SMILES string of the molecule is CC(=O)CC(C)(CCCC#Cc1ccccc1)CCc1ccccc1. The number of hydrogen-bond acceptors (Lipinski definition) is 1. The normalized spacial score (nSPS) is 12.7. The van der Waals surface area contributed by atoms with E-state index in [1.54, 1.807) is 6.92 Å². The molecule has 2 aromatic rings. The van der Waals surface area contributed by atoms with E-state index in [0.717, 1.165) is 37.7 Å². The smallest absolute Gasteiger partial charge is 0.130 e. The first-order chi connectivity index (χ1) is 12.1. The van der Waals surface area contributed by atoms with Gasteiger partial charge in [0, 0.05) is 18.4 Å². The lowest BCUT2D eigenvalue weighted by Crippen LogP contribution is -2.21. The molecule has 130 valence electrons. The van der Waals surface area contributed by atoms with Gasteiger partial charge < -0.3 is 4.79 Å². The highest BCUT2D eigenvalue weighted by Crippen LogP contribution is 2.34. The Morgan fingerprint density at radius 3 is 2.24 bits per heavy atom. The zero-order chi connectivity index (χ0) is 18.0. The monoisotopic (exact) mass is 332 g/mol. The summed E-state index contributed by atoms with van der Waals surface area (Å²) in [4.78, 5) is 11.7. The molecular formula is C24H28O. The average Bonchev–Trinajstić information content (AvgIpc) is 2.61. The molecule has 1 unspecified atom stereocenters. The maximum atomic E-state index is 11.7. The molecule has 0 saturated heterocycles. The largest absolute Gasteiger partial charge is 0.300 e. The fourth-order valence-corrected chi connectivity index (χ4v) is 3.28. The van der Waals surface area contributed by atoms with Gasteiger partial charge in [-0.2, -0.15) is 0 Å². The summed E-state index contributed by atoms with van der Waals surface area (Å²) in [5, 5.41) is 0. The van der Waals surface area contributed by atoms with Crippen molar-refractivity contribution in [2.45, 2.75) is 52.4 Å². The summed E-state index contributed by atoms with van der Waals surface area (Å²) in [7, 11) is 0. The Kier molecular flexibility index (Phi) is 7.48. The Morgan fingerprint density at radius 1 is 0.960 bits per heavy atom. The zero-order valence-electron chi connectivity index (χ0n) is 15.4. The van der Waals surface area contributed by atoms with E-state index in [1.807, 2.05) is 36.4 Å². The second-order valence-corrected chi connectivity index (χ2v) is 7.20. The van der Waals surface area contributed by atoms with Crippen molar-refractivity contribution in [3.63, 3.8) is 0 Å². The van der Waals surface area contributed by atoms with E-state index in [9.17, 15) is 4.79 Å². The standard InChI is InChI=1S/C24H28O/c1-21(25)20-24(2,19-17-23-15-8-4-9-16-23)18-11-5-10-14-22-12-6-3-7-13-22/h3-4,6-9,12-13,15-16H,5,11,17-20H2,1-2H3. The van der Waals surface area contributed by atoms with Gasteiger partial charge in [-0.3, -0.25) is 0 Å². The van der Waals surface area contributed by atoms with Gasteiger partial charge in [-0.25, -0.2) is 0 Å². The minimum atomic E-state index is 0.0656. The number of carbonyl (C=O) groups excluding carboxylic acids is 1. The van der Waals surface area contributed by atoms with Crippen LogP contribution in [0.25, 0.3) is 0 Å². The summed E-state index contributed by atoms with van der Waals surface area (Å²) in [6, 6.07) is 20.6. The Labute approximate surface area is 152 Å². The van der Waals surface area contributed by atoms with Crippen LogP contribution in [-0.2, 0) is 11.2 Å². The molecule has 0 spiro atoms. The predicted octanol–water partition coefficient (Wildman–Crippen LogP) is 5.83. The van der Waals surface area contributed by atoms with Crippen molar-refractivity contribution >= 4 is 5.78 Å². The third kappa shape index (κ3) is 7.40. The number of unbranched alkanes of at least 4 members (excludes halogenated alkanes) is 1. The summed E-state index contributed by atoms with van der Waals surface area (Å²) < 4.78 is 0. The molecule has 25 heavy (non-hydrogen) atoms. The first-order valence-corrected chi connectivity index (χ1v) is 9.15. The zero-order valence-corrected chi connectivity index (χ0v) is 15.4. The van der Waals surface area contributed by atoms with Crippen LogP contribution in [0.3, 0.4) is 0 Å². The van der Waals surface area contributed by atoms with Crippen LogP contribution in [0, 0.1) is 17.3 Å². The topological polar surface area (TPSA) is 17.1 Å². The Hall–Kier alpha value is -2.33. The molecule has 2 aromatic carbocycles. The molecule has 2 rings (SSSR count). The third-order valence-corrected chi connectivity index (χ3v) is 4.62. The van der Waals surface area contributed by atoms with E-state index >= 15 is 0 Å². The second kappa shape index (κ2) is 9.84. The number of Topliss-reactive ketones (excluding diaryl/α,β-unsaturated/α-hetero) is 1. The quantitative estimate of drug-likeness (QED) is 0.439. The fourth-order valence-electron chi connectivity index (χ4n) is 3.28. The van der Waals surface area contributed by atoms with E-state index in [-0.39, 0.29) is 11.2 Å². The average molecular weight is 332 g/mol. The fraction of sp³-hybridized carbons (Fsp3) is 0.375. The van der Waals surface area contributed by atoms with Crippen molar-refractivity contribution in [1.29, 1.82) is 0 Å². The van der Waals surface area contributed by atoms with Crippen molar-refractivity contribution in [3.05, 3.63) is 71.8 Å². The van der Waals surface area contributed by atoms with Gasteiger partial charge in [0.05, 0.1) is 0 Å². The molecule has 0 aliphatic carbocycles. The van der Waals surface area contributed by atoms with Crippen molar-refractivity contribution in [1.82, 2.24) is 0 Å². The number of ketones is 1. The Morgan fingerprint density at radius 2 is 1.60 bits per heavy atom. The first-order valence-electron chi connectivity index (χ1n) is 9.15. The summed E-state index contributed by atoms with van der Waals surface area (Å²) in [5.41, 5.74) is 2.48. The lowest BCUT2D eigenvalue weighted by Gasteiger charge is -2.28. The highest BCUT2D eigenvalue weighted by atomic mass is 16.1. The van der Waals surface area contributed by atoms with Gasteiger partial charge in [-0.05, 0) is 55.7 Å². The van der Waals surface area contributed by atoms with Gasteiger partial charge in [0.2, 0.25) is 0 Å². The maximum absolute atomic E-state index is 11.7. The molecule has 1 atom stereocenters. The summed E-state index contributed by atoms with van der Waals surface area (Å²) in [6.07, 6.45) is 5.70. The van der Waals surface area contributed by atoms with Crippen LogP contribution in [0.4, 0.5) is 0 Å².